The lowest BCUT2D eigenvalue weighted by Crippen LogP contribution is -2.44. The zero-order valence-electron chi connectivity index (χ0n) is 9.63. The summed E-state index contributed by atoms with van der Waals surface area (Å²) in [5.74, 6) is -0.632. The number of aromatic nitrogens is 1. The number of nitrogens with two attached hydrogens (primary N) is 1. The first-order chi connectivity index (χ1) is 8.56. The number of carbonyl (C=O) groups excluding carboxylic acids is 1. The summed E-state index contributed by atoms with van der Waals surface area (Å²) in [5, 5.41) is 11.0. The van der Waals surface area contributed by atoms with E-state index < -0.39 is 12.0 Å². The first-order valence-corrected chi connectivity index (χ1v) is 5.56. The van der Waals surface area contributed by atoms with Crippen molar-refractivity contribution in [3.05, 3.63) is 12.0 Å². The number of hydrogen-bond acceptors (Lipinski definition) is 5. The molecule has 8 heteroatoms. The van der Waals surface area contributed by atoms with Crippen molar-refractivity contribution in [2.75, 3.05) is 18.0 Å². The molecule has 0 aliphatic carbocycles. The molecule has 18 heavy (non-hydrogen) atoms. The summed E-state index contributed by atoms with van der Waals surface area (Å²) in [5.41, 5.74) is 5.07. The standard InChI is InChI=1S/C10H14N4O4/c11-8(15)7-5-12-9(18-7)14-3-1-6(2-4-14)13-10(16)17/h5-6,13H,1-4H2,(H2,11,15)(H,16,17). The van der Waals surface area contributed by atoms with Gasteiger partial charge < -0.3 is 25.5 Å². The molecule has 98 valence electrons. The van der Waals surface area contributed by atoms with Gasteiger partial charge in [0.1, 0.15) is 0 Å². The largest absolute Gasteiger partial charge is 0.465 e. The Morgan fingerprint density at radius 1 is 1.50 bits per heavy atom. The third-order valence-electron chi connectivity index (χ3n) is 2.83. The fourth-order valence-electron chi connectivity index (χ4n) is 1.91. The van der Waals surface area contributed by atoms with Gasteiger partial charge in [-0.15, -0.1) is 0 Å². The Morgan fingerprint density at radius 3 is 2.67 bits per heavy atom. The summed E-state index contributed by atoms with van der Waals surface area (Å²) in [4.78, 5) is 27.2. The van der Waals surface area contributed by atoms with Gasteiger partial charge in [0.25, 0.3) is 11.9 Å². The van der Waals surface area contributed by atoms with Crippen molar-refractivity contribution in [2.45, 2.75) is 18.9 Å². The summed E-state index contributed by atoms with van der Waals surface area (Å²) < 4.78 is 5.20. The highest BCUT2D eigenvalue weighted by atomic mass is 16.4. The molecule has 2 amide bonds. The molecule has 2 rings (SSSR count). The van der Waals surface area contributed by atoms with E-state index >= 15 is 0 Å². The van der Waals surface area contributed by atoms with E-state index in [-0.39, 0.29) is 11.8 Å². The van der Waals surface area contributed by atoms with Crippen LogP contribution < -0.4 is 16.0 Å². The van der Waals surface area contributed by atoms with Gasteiger partial charge in [0, 0.05) is 19.1 Å². The van der Waals surface area contributed by atoms with Crippen LogP contribution in [-0.4, -0.2) is 41.2 Å². The van der Waals surface area contributed by atoms with Crippen LogP contribution in [0.3, 0.4) is 0 Å². The summed E-state index contributed by atoms with van der Waals surface area (Å²) >= 11 is 0. The fourth-order valence-corrected chi connectivity index (χ4v) is 1.91. The van der Waals surface area contributed by atoms with Crippen molar-refractivity contribution in [3.8, 4) is 0 Å². The highest BCUT2D eigenvalue weighted by Crippen LogP contribution is 2.19. The molecule has 1 fully saturated rings. The maximum atomic E-state index is 10.9. The van der Waals surface area contributed by atoms with E-state index in [2.05, 4.69) is 10.3 Å². The Morgan fingerprint density at radius 2 is 2.17 bits per heavy atom. The van der Waals surface area contributed by atoms with E-state index in [0.717, 1.165) is 0 Å². The van der Waals surface area contributed by atoms with Crippen molar-refractivity contribution < 1.29 is 19.1 Å². The molecule has 1 saturated heterocycles. The number of oxazole rings is 1. The van der Waals surface area contributed by atoms with Crippen LogP contribution in [0, 0.1) is 0 Å². The normalized spacial score (nSPS) is 16.6. The van der Waals surface area contributed by atoms with Crippen LogP contribution >= 0.6 is 0 Å². The average molecular weight is 254 g/mol. The molecule has 0 saturated carbocycles. The molecule has 4 N–H and O–H groups in total. The van der Waals surface area contributed by atoms with Crippen molar-refractivity contribution in [1.29, 1.82) is 0 Å². The lowest BCUT2D eigenvalue weighted by atomic mass is 10.1. The second-order valence-corrected chi connectivity index (χ2v) is 4.08. The van der Waals surface area contributed by atoms with E-state index in [4.69, 9.17) is 15.3 Å². The third-order valence-corrected chi connectivity index (χ3v) is 2.83. The predicted molar refractivity (Wildman–Crippen MR) is 61.4 cm³/mol. The van der Waals surface area contributed by atoms with Crippen molar-refractivity contribution >= 4 is 18.0 Å². The zero-order valence-corrected chi connectivity index (χ0v) is 9.63. The number of anilines is 1. The van der Waals surface area contributed by atoms with E-state index in [9.17, 15) is 9.59 Å². The minimum Gasteiger partial charge on any atom is -0.465 e. The summed E-state index contributed by atoms with van der Waals surface area (Å²) in [6, 6.07) is 0.293. The molecule has 0 atom stereocenters. The van der Waals surface area contributed by atoms with Gasteiger partial charge in [-0.2, -0.15) is 0 Å². The highest BCUT2D eigenvalue weighted by molar-refractivity contribution is 5.89. The Kier molecular flexibility index (Phi) is 3.35. The molecule has 2 heterocycles. The Labute approximate surface area is 103 Å². The Hall–Kier alpha value is -2.25. The topological polar surface area (TPSA) is 122 Å². The first-order valence-electron chi connectivity index (χ1n) is 5.56. The summed E-state index contributed by atoms with van der Waals surface area (Å²) in [6.45, 7) is 1.23. The molecular formula is C10H14N4O4. The van der Waals surface area contributed by atoms with E-state index in [1.54, 1.807) is 0 Å². The van der Waals surface area contributed by atoms with Crippen LogP contribution in [0.1, 0.15) is 23.4 Å². The number of nitrogens with zero attached hydrogens (tertiary/aromatic N) is 2. The number of primary amides is 1. The van der Waals surface area contributed by atoms with Crippen LogP contribution in [0.5, 0.6) is 0 Å². The van der Waals surface area contributed by atoms with E-state index in [1.807, 2.05) is 4.90 Å². The fraction of sp³-hybridized carbons (Fsp3) is 0.500. The van der Waals surface area contributed by atoms with E-state index in [0.29, 0.717) is 31.9 Å². The second-order valence-electron chi connectivity index (χ2n) is 4.08. The van der Waals surface area contributed by atoms with Crippen LogP contribution in [0.25, 0.3) is 0 Å². The number of nitrogens with one attached hydrogen (secondary N) is 1. The van der Waals surface area contributed by atoms with Crippen LogP contribution in [0.4, 0.5) is 10.8 Å². The van der Waals surface area contributed by atoms with Crippen LogP contribution in [0.2, 0.25) is 0 Å². The number of rotatable bonds is 3. The zero-order chi connectivity index (χ0) is 13.1. The first kappa shape index (κ1) is 12.2. The maximum Gasteiger partial charge on any atom is 0.404 e. The maximum absolute atomic E-state index is 10.9. The van der Waals surface area contributed by atoms with Gasteiger partial charge in [-0.3, -0.25) is 4.79 Å². The molecule has 1 aliphatic rings. The SMILES string of the molecule is NC(=O)c1cnc(N2CCC(NC(=O)O)CC2)o1. The van der Waals surface area contributed by atoms with Crippen LogP contribution in [0.15, 0.2) is 10.6 Å². The Balaban J connectivity index is 1.92. The quantitative estimate of drug-likeness (QED) is 0.698. The number of carbonyl (C=O) groups is 2. The molecule has 1 aromatic rings. The van der Waals surface area contributed by atoms with Crippen molar-refractivity contribution in [3.63, 3.8) is 0 Å². The van der Waals surface area contributed by atoms with Gasteiger partial charge in [0.2, 0.25) is 5.76 Å². The van der Waals surface area contributed by atoms with Gasteiger partial charge in [0.15, 0.2) is 0 Å². The van der Waals surface area contributed by atoms with Gasteiger partial charge in [-0.05, 0) is 12.8 Å². The van der Waals surface area contributed by atoms with Crippen molar-refractivity contribution in [2.24, 2.45) is 5.73 Å². The van der Waals surface area contributed by atoms with Gasteiger partial charge in [0.05, 0.1) is 6.20 Å². The van der Waals surface area contributed by atoms with Crippen molar-refractivity contribution in [1.82, 2.24) is 10.3 Å². The highest BCUT2D eigenvalue weighted by Gasteiger charge is 2.23. The van der Waals surface area contributed by atoms with E-state index in [1.165, 1.54) is 6.20 Å². The minimum absolute atomic E-state index is 0.0239. The molecule has 0 spiro atoms. The lowest BCUT2D eigenvalue weighted by Gasteiger charge is -2.30. The molecule has 0 unspecified atom stereocenters. The lowest BCUT2D eigenvalue weighted by molar-refractivity contribution is 0.0974. The van der Waals surface area contributed by atoms with Gasteiger partial charge in [-0.25, -0.2) is 9.78 Å². The number of piperidine rings is 1. The summed E-state index contributed by atoms with van der Waals surface area (Å²) in [7, 11) is 0. The number of amides is 2. The second kappa shape index (κ2) is 4.94. The molecule has 1 aromatic heterocycles. The smallest absolute Gasteiger partial charge is 0.404 e. The Bertz CT molecular complexity index is 450. The minimum atomic E-state index is -1.01. The van der Waals surface area contributed by atoms with Gasteiger partial charge >= 0.3 is 6.09 Å². The molecule has 0 bridgehead atoms. The third kappa shape index (κ3) is 2.70. The summed E-state index contributed by atoms with van der Waals surface area (Å²) in [6.07, 6.45) is 1.61. The molecule has 0 radical (unpaired) electrons. The van der Waals surface area contributed by atoms with Crippen LogP contribution in [-0.2, 0) is 0 Å². The predicted octanol–water partition coefficient (Wildman–Crippen LogP) is 0.00990. The molecular weight excluding hydrogens is 240 g/mol. The number of carboxylic acid groups (broad SMARTS) is 1. The monoisotopic (exact) mass is 254 g/mol. The van der Waals surface area contributed by atoms with Gasteiger partial charge in [-0.1, -0.05) is 0 Å². The molecule has 8 nitrogen and oxygen atoms in total. The molecule has 0 aromatic carbocycles. The average Bonchev–Trinajstić information content (AvgIpc) is 2.78. The number of hydrogen-bond donors (Lipinski definition) is 3. The molecule has 1 aliphatic heterocycles.